The summed E-state index contributed by atoms with van der Waals surface area (Å²) in [5, 5.41) is 3.30. The number of nitrogens with one attached hydrogen (secondary N) is 1. The van der Waals surface area contributed by atoms with Crippen molar-refractivity contribution in [2.75, 3.05) is 11.9 Å². The lowest BCUT2D eigenvalue weighted by molar-refractivity contribution is -0.137. The molecule has 0 bridgehead atoms. The summed E-state index contributed by atoms with van der Waals surface area (Å²) in [6, 6.07) is 8.21. The van der Waals surface area contributed by atoms with Crippen molar-refractivity contribution in [1.29, 1.82) is 0 Å². The van der Waals surface area contributed by atoms with Crippen LogP contribution in [0.1, 0.15) is 47.0 Å². The Morgan fingerprint density at radius 1 is 1.27 bits per heavy atom. The molecule has 1 aliphatic heterocycles. The number of carbonyl (C=O) groups is 1. The van der Waals surface area contributed by atoms with Gasteiger partial charge < -0.3 is 15.0 Å². The highest BCUT2D eigenvalue weighted by Crippen LogP contribution is 2.24. The van der Waals surface area contributed by atoms with Crippen LogP contribution in [0.5, 0.6) is 5.75 Å². The van der Waals surface area contributed by atoms with Gasteiger partial charge in [-0.3, -0.25) is 4.79 Å². The van der Waals surface area contributed by atoms with Gasteiger partial charge in [-0.1, -0.05) is 0 Å². The van der Waals surface area contributed by atoms with Gasteiger partial charge >= 0.3 is 0 Å². The van der Waals surface area contributed by atoms with Gasteiger partial charge in [-0.05, 0) is 71.2 Å². The Bertz CT molecular complexity index is 476. The van der Waals surface area contributed by atoms with Crippen molar-refractivity contribution in [3.63, 3.8) is 0 Å². The van der Waals surface area contributed by atoms with Crippen molar-refractivity contribution in [1.82, 2.24) is 4.90 Å². The van der Waals surface area contributed by atoms with E-state index >= 15 is 0 Å². The molecule has 1 amide bonds. The molecule has 0 aromatic heterocycles. The van der Waals surface area contributed by atoms with Gasteiger partial charge in [-0.15, -0.1) is 0 Å². The maximum absolute atomic E-state index is 12.7. The van der Waals surface area contributed by atoms with Gasteiger partial charge in [-0.25, -0.2) is 0 Å². The van der Waals surface area contributed by atoms with Crippen LogP contribution in [-0.2, 0) is 4.79 Å². The summed E-state index contributed by atoms with van der Waals surface area (Å²) in [7, 11) is 0. The largest absolute Gasteiger partial charge is 0.494 e. The van der Waals surface area contributed by atoms with Crippen LogP contribution >= 0.6 is 0 Å². The van der Waals surface area contributed by atoms with Crippen molar-refractivity contribution in [2.24, 2.45) is 0 Å². The van der Waals surface area contributed by atoms with Crippen LogP contribution in [0.2, 0.25) is 0 Å². The van der Waals surface area contributed by atoms with Crippen LogP contribution in [0.25, 0.3) is 0 Å². The van der Waals surface area contributed by atoms with Gasteiger partial charge in [-0.2, -0.15) is 0 Å². The van der Waals surface area contributed by atoms with Gasteiger partial charge in [0.05, 0.1) is 6.61 Å². The normalized spacial score (nSPS) is 23.0. The average Bonchev–Trinajstić information content (AvgIpc) is 2.49. The summed E-state index contributed by atoms with van der Waals surface area (Å²) in [5.41, 5.74) is 0.946. The number of likely N-dealkylation sites (tertiary alicyclic amines) is 1. The molecule has 1 aromatic rings. The minimum Gasteiger partial charge on any atom is -0.494 e. The maximum atomic E-state index is 12.7. The van der Waals surface area contributed by atoms with Crippen molar-refractivity contribution in [2.45, 2.75) is 65.1 Å². The molecule has 2 rings (SSSR count). The Morgan fingerprint density at radius 2 is 1.86 bits per heavy atom. The zero-order valence-electron chi connectivity index (χ0n) is 14.1. The van der Waals surface area contributed by atoms with Gasteiger partial charge in [0.1, 0.15) is 11.8 Å². The van der Waals surface area contributed by atoms with E-state index in [4.69, 9.17) is 4.74 Å². The number of rotatable bonds is 5. The standard InChI is InChI=1S/C18H28N2O2/c1-5-22-17-11-9-16(10-12-17)19-15(4)18(21)20-13(2)7-6-8-14(20)3/h9-15,19H,5-8H2,1-4H3/t13-,14-,15+/m0/s1. The predicted molar refractivity (Wildman–Crippen MR) is 90.3 cm³/mol. The third-order valence-corrected chi connectivity index (χ3v) is 4.37. The van der Waals surface area contributed by atoms with E-state index in [0.717, 1.165) is 24.3 Å². The summed E-state index contributed by atoms with van der Waals surface area (Å²) in [6.45, 7) is 8.86. The molecular formula is C18H28N2O2. The zero-order chi connectivity index (χ0) is 16.1. The molecule has 0 unspecified atom stereocenters. The highest BCUT2D eigenvalue weighted by atomic mass is 16.5. The fourth-order valence-electron chi connectivity index (χ4n) is 3.21. The minimum atomic E-state index is -0.221. The Morgan fingerprint density at radius 3 is 2.41 bits per heavy atom. The van der Waals surface area contributed by atoms with Crippen LogP contribution in [0, 0.1) is 0 Å². The summed E-state index contributed by atoms with van der Waals surface area (Å²) in [4.78, 5) is 14.8. The first-order valence-electron chi connectivity index (χ1n) is 8.34. The molecule has 0 aliphatic carbocycles. The number of nitrogens with zero attached hydrogens (tertiary/aromatic N) is 1. The SMILES string of the molecule is CCOc1ccc(N[C@H](C)C(=O)N2[C@@H](C)CCC[C@@H]2C)cc1. The van der Waals surface area contributed by atoms with Crippen molar-refractivity contribution < 1.29 is 9.53 Å². The molecule has 3 atom stereocenters. The summed E-state index contributed by atoms with van der Waals surface area (Å²) in [6.07, 6.45) is 3.42. The number of hydrogen-bond acceptors (Lipinski definition) is 3. The van der Waals surface area contributed by atoms with E-state index in [1.807, 2.05) is 38.1 Å². The van der Waals surface area contributed by atoms with Gasteiger partial charge in [0.2, 0.25) is 5.91 Å². The van der Waals surface area contributed by atoms with Crippen molar-refractivity contribution in [3.8, 4) is 5.75 Å². The van der Waals surface area contributed by atoms with E-state index in [1.54, 1.807) is 0 Å². The smallest absolute Gasteiger partial charge is 0.245 e. The fourth-order valence-corrected chi connectivity index (χ4v) is 3.21. The lowest BCUT2D eigenvalue weighted by Crippen LogP contribution is -2.52. The molecule has 122 valence electrons. The zero-order valence-corrected chi connectivity index (χ0v) is 14.1. The van der Waals surface area contributed by atoms with E-state index in [2.05, 4.69) is 24.1 Å². The Labute approximate surface area is 133 Å². The third kappa shape index (κ3) is 3.93. The van der Waals surface area contributed by atoms with Crippen LogP contribution in [0.15, 0.2) is 24.3 Å². The van der Waals surface area contributed by atoms with Crippen molar-refractivity contribution in [3.05, 3.63) is 24.3 Å². The maximum Gasteiger partial charge on any atom is 0.245 e. The molecule has 1 fully saturated rings. The Kier molecular flexibility index (Phi) is 5.69. The summed E-state index contributed by atoms with van der Waals surface area (Å²) < 4.78 is 5.43. The van der Waals surface area contributed by atoms with E-state index < -0.39 is 0 Å². The molecule has 22 heavy (non-hydrogen) atoms. The molecule has 4 heteroatoms. The van der Waals surface area contributed by atoms with Gasteiger partial charge in [0, 0.05) is 17.8 Å². The highest BCUT2D eigenvalue weighted by Gasteiger charge is 2.31. The second-order valence-electron chi connectivity index (χ2n) is 6.20. The van der Waals surface area contributed by atoms with Crippen LogP contribution in [-0.4, -0.2) is 35.5 Å². The van der Waals surface area contributed by atoms with E-state index in [-0.39, 0.29) is 11.9 Å². The molecule has 1 N–H and O–H groups in total. The monoisotopic (exact) mass is 304 g/mol. The Balaban J connectivity index is 1.98. The molecule has 1 saturated heterocycles. The number of piperidine rings is 1. The average molecular weight is 304 g/mol. The first-order valence-corrected chi connectivity index (χ1v) is 8.34. The first kappa shape index (κ1) is 16.7. The number of anilines is 1. The molecule has 0 radical (unpaired) electrons. The summed E-state index contributed by atoms with van der Waals surface area (Å²) >= 11 is 0. The summed E-state index contributed by atoms with van der Waals surface area (Å²) in [5.74, 6) is 1.04. The molecule has 1 heterocycles. The lowest BCUT2D eigenvalue weighted by atomic mass is 9.96. The minimum absolute atomic E-state index is 0.189. The number of ether oxygens (including phenoxy) is 1. The molecule has 1 aliphatic rings. The van der Waals surface area contributed by atoms with Crippen LogP contribution in [0.3, 0.4) is 0 Å². The molecule has 0 saturated carbocycles. The molecule has 1 aromatic carbocycles. The predicted octanol–water partition coefficient (Wildman–Crippen LogP) is 3.68. The molecule has 0 spiro atoms. The fraction of sp³-hybridized carbons (Fsp3) is 0.611. The third-order valence-electron chi connectivity index (χ3n) is 4.37. The van der Waals surface area contributed by atoms with E-state index in [0.29, 0.717) is 18.7 Å². The second kappa shape index (κ2) is 7.52. The number of hydrogen-bond donors (Lipinski definition) is 1. The van der Waals surface area contributed by atoms with Crippen LogP contribution < -0.4 is 10.1 Å². The van der Waals surface area contributed by atoms with Gasteiger partial charge in [0.25, 0.3) is 0 Å². The number of carbonyl (C=O) groups excluding carboxylic acids is 1. The van der Waals surface area contributed by atoms with E-state index in [9.17, 15) is 4.79 Å². The first-order chi connectivity index (χ1) is 10.5. The van der Waals surface area contributed by atoms with Gasteiger partial charge in [0.15, 0.2) is 0 Å². The second-order valence-corrected chi connectivity index (χ2v) is 6.20. The van der Waals surface area contributed by atoms with E-state index in [1.165, 1.54) is 6.42 Å². The molecular weight excluding hydrogens is 276 g/mol. The highest BCUT2D eigenvalue weighted by molar-refractivity contribution is 5.85. The van der Waals surface area contributed by atoms with Crippen molar-refractivity contribution >= 4 is 11.6 Å². The Hall–Kier alpha value is -1.71. The van der Waals surface area contributed by atoms with Crippen LogP contribution in [0.4, 0.5) is 5.69 Å². The quantitative estimate of drug-likeness (QED) is 0.902. The molecule has 4 nitrogen and oxygen atoms in total. The number of benzene rings is 1. The lowest BCUT2D eigenvalue weighted by Gasteiger charge is -2.40. The number of amides is 1. The topological polar surface area (TPSA) is 41.6 Å².